The van der Waals surface area contributed by atoms with E-state index in [2.05, 4.69) is 16.0 Å². The second-order valence-electron chi connectivity index (χ2n) is 8.83. The van der Waals surface area contributed by atoms with Gasteiger partial charge in [0.25, 0.3) is 0 Å². The van der Waals surface area contributed by atoms with Crippen molar-refractivity contribution in [1.82, 2.24) is 16.0 Å². The van der Waals surface area contributed by atoms with Crippen molar-refractivity contribution < 1.29 is 39.6 Å². The van der Waals surface area contributed by atoms with E-state index in [1.165, 1.54) is 36.0 Å². The Kier molecular flexibility index (Phi) is 12.5. The Hall–Kier alpha value is -3.81. The molecule has 0 aliphatic heterocycles. The van der Waals surface area contributed by atoms with Crippen LogP contribution in [0.5, 0.6) is 11.5 Å². The quantitative estimate of drug-likeness (QED) is 0.139. The lowest BCUT2D eigenvalue weighted by atomic mass is 10.0. The molecule has 0 radical (unpaired) electrons. The number of benzene rings is 2. The van der Waals surface area contributed by atoms with Crippen LogP contribution in [0.2, 0.25) is 0 Å². The molecule has 2 aromatic rings. The molecule has 12 nitrogen and oxygen atoms in total. The molecule has 39 heavy (non-hydrogen) atoms. The highest BCUT2D eigenvalue weighted by molar-refractivity contribution is 7.98. The fourth-order valence-electron chi connectivity index (χ4n) is 3.57. The number of thioether (sulfide) groups is 1. The number of carbonyl (C=O) groups is 4. The lowest BCUT2D eigenvalue weighted by Crippen LogP contribution is -2.58. The van der Waals surface area contributed by atoms with Gasteiger partial charge in [0, 0.05) is 6.42 Å². The smallest absolute Gasteiger partial charge is 0.326 e. The Balaban J connectivity index is 2.15. The summed E-state index contributed by atoms with van der Waals surface area (Å²) < 4.78 is 0. The molecule has 4 atom stereocenters. The van der Waals surface area contributed by atoms with Crippen LogP contribution in [0.4, 0.5) is 0 Å². The molecule has 9 N–H and O–H groups in total. The Morgan fingerprint density at radius 3 is 1.72 bits per heavy atom. The van der Waals surface area contributed by atoms with Gasteiger partial charge in [0.15, 0.2) is 0 Å². The predicted molar refractivity (Wildman–Crippen MR) is 145 cm³/mol. The molecule has 212 valence electrons. The van der Waals surface area contributed by atoms with E-state index in [4.69, 9.17) is 5.73 Å². The minimum Gasteiger partial charge on any atom is -0.508 e. The molecule has 3 amide bonds. The third-order valence-corrected chi connectivity index (χ3v) is 6.42. The second-order valence-corrected chi connectivity index (χ2v) is 9.82. The van der Waals surface area contributed by atoms with Gasteiger partial charge in [0.05, 0.1) is 12.6 Å². The molecule has 0 bridgehead atoms. The van der Waals surface area contributed by atoms with E-state index in [0.717, 1.165) is 0 Å². The maximum atomic E-state index is 13.2. The number of carboxylic acids is 1. The zero-order valence-corrected chi connectivity index (χ0v) is 22.2. The van der Waals surface area contributed by atoms with Gasteiger partial charge < -0.3 is 42.1 Å². The number of phenolic OH excluding ortho intramolecular Hbond substituents is 2. The van der Waals surface area contributed by atoms with E-state index < -0.39 is 54.5 Å². The Morgan fingerprint density at radius 1 is 0.769 bits per heavy atom. The Bertz CT molecular complexity index is 1110. The number of nitrogens with two attached hydrogens (primary N) is 1. The van der Waals surface area contributed by atoms with Crippen LogP contribution in [0.1, 0.15) is 17.5 Å². The topological polar surface area (TPSA) is 211 Å². The largest absolute Gasteiger partial charge is 0.508 e. The van der Waals surface area contributed by atoms with Gasteiger partial charge in [-0.15, -0.1) is 0 Å². The number of rotatable bonds is 15. The third-order valence-electron chi connectivity index (χ3n) is 5.78. The summed E-state index contributed by atoms with van der Waals surface area (Å²) in [6.07, 6.45) is 2.02. The van der Waals surface area contributed by atoms with Crippen LogP contribution in [0.25, 0.3) is 0 Å². The van der Waals surface area contributed by atoms with Crippen molar-refractivity contribution in [1.29, 1.82) is 0 Å². The van der Waals surface area contributed by atoms with Gasteiger partial charge in [-0.3, -0.25) is 14.4 Å². The van der Waals surface area contributed by atoms with Gasteiger partial charge in [0.1, 0.15) is 29.6 Å². The number of amides is 3. The summed E-state index contributed by atoms with van der Waals surface area (Å²) in [5.41, 5.74) is 7.31. The monoisotopic (exact) mass is 562 g/mol. The van der Waals surface area contributed by atoms with Crippen molar-refractivity contribution in [2.45, 2.75) is 43.4 Å². The van der Waals surface area contributed by atoms with E-state index in [1.807, 2.05) is 0 Å². The van der Waals surface area contributed by atoms with Gasteiger partial charge in [0.2, 0.25) is 17.7 Å². The first-order valence-corrected chi connectivity index (χ1v) is 13.5. The van der Waals surface area contributed by atoms with Gasteiger partial charge in [-0.25, -0.2) is 4.79 Å². The molecule has 0 aliphatic carbocycles. The molecule has 0 aliphatic rings. The van der Waals surface area contributed by atoms with Crippen molar-refractivity contribution in [3.8, 4) is 11.5 Å². The van der Waals surface area contributed by atoms with Crippen molar-refractivity contribution in [3.63, 3.8) is 0 Å². The SMILES string of the molecule is CSCCC(NC(=O)C(CO)NC(=O)C(Cc1ccc(O)cc1)NC(=O)C(N)Cc1ccc(O)cc1)C(=O)O. The van der Waals surface area contributed by atoms with E-state index in [0.29, 0.717) is 16.9 Å². The highest BCUT2D eigenvalue weighted by atomic mass is 32.2. The summed E-state index contributed by atoms with van der Waals surface area (Å²) in [5, 5.41) is 45.4. The standard InChI is InChI=1S/C26H34N4O8S/c1-39-11-10-20(26(37)38)28-25(36)22(14-31)30-24(35)21(13-16-4-8-18(33)9-5-16)29-23(34)19(27)12-15-2-6-17(32)7-3-15/h2-9,19-22,31-33H,10-14,27H2,1H3,(H,28,36)(H,29,34)(H,30,35)(H,37,38). The first-order valence-electron chi connectivity index (χ1n) is 12.1. The van der Waals surface area contributed by atoms with Gasteiger partial charge in [-0.2, -0.15) is 11.8 Å². The third kappa shape index (κ3) is 10.5. The minimum absolute atomic E-state index is 0.00572. The predicted octanol–water partition coefficient (Wildman–Crippen LogP) is -0.505. The molecule has 2 aromatic carbocycles. The van der Waals surface area contributed by atoms with Crippen molar-refractivity contribution in [2.24, 2.45) is 5.73 Å². The van der Waals surface area contributed by atoms with Crippen molar-refractivity contribution in [2.75, 3.05) is 18.6 Å². The molecule has 13 heteroatoms. The van der Waals surface area contributed by atoms with Crippen LogP contribution in [0.3, 0.4) is 0 Å². The molecule has 0 saturated heterocycles. The summed E-state index contributed by atoms with van der Waals surface area (Å²) in [5.74, 6) is -3.07. The fraction of sp³-hybridized carbons (Fsp3) is 0.385. The van der Waals surface area contributed by atoms with Crippen LogP contribution < -0.4 is 21.7 Å². The molecule has 2 rings (SSSR count). The van der Waals surface area contributed by atoms with E-state index >= 15 is 0 Å². The normalized spacial score (nSPS) is 13.9. The zero-order chi connectivity index (χ0) is 28.9. The maximum absolute atomic E-state index is 13.2. The van der Waals surface area contributed by atoms with E-state index in [1.54, 1.807) is 30.5 Å². The highest BCUT2D eigenvalue weighted by Crippen LogP contribution is 2.13. The second kappa shape index (κ2) is 15.6. The minimum atomic E-state index is -1.47. The summed E-state index contributed by atoms with van der Waals surface area (Å²) in [6, 6.07) is 7.11. The highest BCUT2D eigenvalue weighted by Gasteiger charge is 2.30. The number of hydrogen-bond acceptors (Lipinski definition) is 9. The number of aliphatic hydroxyl groups is 1. The lowest BCUT2D eigenvalue weighted by molar-refractivity contribution is -0.142. The number of aliphatic hydroxyl groups excluding tert-OH is 1. The first kappa shape index (κ1) is 31.4. The first-order chi connectivity index (χ1) is 18.5. The molecule has 0 spiro atoms. The number of aromatic hydroxyl groups is 2. The Morgan fingerprint density at radius 2 is 1.23 bits per heavy atom. The summed E-state index contributed by atoms with van der Waals surface area (Å²) >= 11 is 1.40. The van der Waals surface area contributed by atoms with Crippen LogP contribution in [-0.2, 0) is 32.0 Å². The summed E-state index contributed by atoms with van der Waals surface area (Å²) in [7, 11) is 0. The average Bonchev–Trinajstić information content (AvgIpc) is 2.91. The van der Waals surface area contributed by atoms with Gasteiger partial charge >= 0.3 is 5.97 Å². The molecule has 0 saturated carbocycles. The van der Waals surface area contributed by atoms with Gasteiger partial charge in [-0.1, -0.05) is 24.3 Å². The van der Waals surface area contributed by atoms with Crippen LogP contribution in [0.15, 0.2) is 48.5 Å². The number of nitrogens with one attached hydrogen (secondary N) is 3. The fourth-order valence-corrected chi connectivity index (χ4v) is 4.04. The maximum Gasteiger partial charge on any atom is 0.326 e. The number of aliphatic carboxylic acids is 1. The average molecular weight is 563 g/mol. The summed E-state index contributed by atoms with van der Waals surface area (Å²) in [6.45, 7) is -0.813. The van der Waals surface area contributed by atoms with E-state index in [-0.39, 0.29) is 30.8 Å². The summed E-state index contributed by atoms with van der Waals surface area (Å²) in [4.78, 5) is 50.2. The molecular weight excluding hydrogens is 528 g/mol. The molecule has 0 heterocycles. The molecule has 0 fully saturated rings. The lowest BCUT2D eigenvalue weighted by Gasteiger charge is -2.24. The van der Waals surface area contributed by atoms with E-state index in [9.17, 15) is 39.6 Å². The molecule has 4 unspecified atom stereocenters. The van der Waals surface area contributed by atoms with Crippen LogP contribution in [0, 0.1) is 0 Å². The molecular formula is C26H34N4O8S. The number of phenols is 2. The van der Waals surface area contributed by atoms with Crippen LogP contribution in [-0.4, -0.2) is 86.9 Å². The Labute approximate surface area is 230 Å². The number of carbonyl (C=O) groups excluding carboxylic acids is 3. The zero-order valence-electron chi connectivity index (χ0n) is 21.4. The number of carboxylic acid groups (broad SMARTS) is 1. The van der Waals surface area contributed by atoms with Gasteiger partial charge in [-0.05, 0) is 60.2 Å². The van der Waals surface area contributed by atoms with Crippen molar-refractivity contribution in [3.05, 3.63) is 59.7 Å². The number of hydrogen-bond donors (Lipinski definition) is 8. The molecule has 0 aromatic heterocycles. The van der Waals surface area contributed by atoms with Crippen LogP contribution >= 0.6 is 11.8 Å². The van der Waals surface area contributed by atoms with Crippen molar-refractivity contribution >= 4 is 35.5 Å².